The molecular formula is C15H22N2O3P+. The number of carbonyl (C=O) groups is 2. The van der Waals surface area contributed by atoms with Gasteiger partial charge in [-0.25, -0.2) is 0 Å². The SMILES string of the molecule is C=[P+](C)c1ccc(CNC(=O)C(COC)NC(C)=O)cc1. The average Bonchev–Trinajstić information content (AvgIpc) is 2.44. The Morgan fingerprint density at radius 3 is 2.43 bits per heavy atom. The molecule has 1 aromatic carbocycles. The Bertz CT molecular complexity index is 514. The van der Waals surface area contributed by atoms with E-state index in [-0.39, 0.29) is 26.0 Å². The van der Waals surface area contributed by atoms with Crippen molar-refractivity contribution in [3.63, 3.8) is 0 Å². The number of ether oxygens (including phenoxy) is 1. The molecule has 0 saturated carbocycles. The molecule has 0 saturated heterocycles. The number of rotatable bonds is 7. The van der Waals surface area contributed by atoms with Crippen LogP contribution in [0.5, 0.6) is 0 Å². The summed E-state index contributed by atoms with van der Waals surface area (Å²) in [6, 6.07) is 7.34. The molecule has 2 atom stereocenters. The zero-order valence-electron chi connectivity index (χ0n) is 12.7. The number of hydrogen-bond acceptors (Lipinski definition) is 3. The van der Waals surface area contributed by atoms with Crippen molar-refractivity contribution in [2.24, 2.45) is 0 Å². The minimum atomic E-state index is -0.671. The van der Waals surface area contributed by atoms with Crippen LogP contribution in [0.25, 0.3) is 0 Å². The van der Waals surface area contributed by atoms with E-state index in [4.69, 9.17) is 4.74 Å². The Morgan fingerprint density at radius 2 is 1.95 bits per heavy atom. The van der Waals surface area contributed by atoms with Crippen molar-refractivity contribution in [3.8, 4) is 0 Å². The van der Waals surface area contributed by atoms with Crippen LogP contribution < -0.4 is 15.9 Å². The van der Waals surface area contributed by atoms with Gasteiger partial charge in [0.15, 0.2) is 0 Å². The van der Waals surface area contributed by atoms with Gasteiger partial charge in [0.2, 0.25) is 11.8 Å². The molecule has 0 radical (unpaired) electrons. The molecule has 0 heterocycles. The first-order valence-corrected chi connectivity index (χ1v) is 8.58. The number of methoxy groups -OCH3 is 1. The van der Waals surface area contributed by atoms with Gasteiger partial charge >= 0.3 is 0 Å². The summed E-state index contributed by atoms with van der Waals surface area (Å²) in [5.41, 5.74) is 1.00. The van der Waals surface area contributed by atoms with E-state index in [9.17, 15) is 9.59 Å². The van der Waals surface area contributed by atoms with E-state index in [1.54, 1.807) is 0 Å². The van der Waals surface area contributed by atoms with E-state index < -0.39 is 6.04 Å². The van der Waals surface area contributed by atoms with E-state index in [0.29, 0.717) is 6.54 Å². The predicted octanol–water partition coefficient (Wildman–Crippen LogP) is 0.623. The van der Waals surface area contributed by atoms with Crippen molar-refractivity contribution in [1.82, 2.24) is 10.6 Å². The fourth-order valence-corrected chi connectivity index (χ4v) is 2.43. The van der Waals surface area contributed by atoms with E-state index in [0.717, 1.165) is 5.56 Å². The molecule has 2 unspecified atom stereocenters. The standard InChI is InChI=1S/C15H21N2O3P/c1-11(18)17-14(10-20-2)15(19)16-9-12-5-7-13(8-6-12)21(3)4/h5-8,14H,3,9-10H2,1-2,4H3,(H-,16,17,18,19)/p+1. The van der Waals surface area contributed by atoms with Crippen LogP contribution in [-0.2, 0) is 20.9 Å². The molecule has 1 rings (SSSR count). The third-order valence-corrected chi connectivity index (χ3v) is 4.05. The summed E-state index contributed by atoms with van der Waals surface area (Å²) in [6.45, 7) is 4.02. The van der Waals surface area contributed by atoms with Crippen LogP contribution in [0.4, 0.5) is 0 Å². The summed E-state index contributed by atoms with van der Waals surface area (Å²) in [5, 5.41) is 6.57. The number of amides is 2. The first-order valence-electron chi connectivity index (χ1n) is 6.61. The molecule has 0 spiro atoms. The highest BCUT2D eigenvalue weighted by Gasteiger charge is 2.18. The third kappa shape index (κ3) is 6.06. The third-order valence-electron chi connectivity index (χ3n) is 2.87. The molecule has 0 aliphatic heterocycles. The summed E-state index contributed by atoms with van der Waals surface area (Å²) in [7, 11) is 1.13. The van der Waals surface area contributed by atoms with Gasteiger partial charge in [0, 0.05) is 20.6 Å². The molecule has 0 fully saturated rings. The second-order valence-corrected chi connectivity index (χ2v) is 6.70. The summed E-state index contributed by atoms with van der Waals surface area (Å²) >= 11 is 0. The van der Waals surface area contributed by atoms with Crippen LogP contribution in [0, 0.1) is 0 Å². The van der Waals surface area contributed by atoms with Gasteiger partial charge in [0.05, 0.1) is 12.9 Å². The number of nitrogens with one attached hydrogen (secondary N) is 2. The number of benzene rings is 1. The van der Waals surface area contributed by atoms with Crippen LogP contribution in [0.15, 0.2) is 24.3 Å². The maximum Gasteiger partial charge on any atom is 0.245 e. The van der Waals surface area contributed by atoms with Gasteiger partial charge in [-0.3, -0.25) is 9.59 Å². The van der Waals surface area contributed by atoms with Gasteiger partial charge in [0.1, 0.15) is 25.6 Å². The number of hydrogen-bond donors (Lipinski definition) is 2. The van der Waals surface area contributed by atoms with Gasteiger partial charge < -0.3 is 15.4 Å². The second-order valence-electron chi connectivity index (χ2n) is 4.79. The Kier molecular flexibility index (Phi) is 7.06. The largest absolute Gasteiger partial charge is 0.382 e. The highest BCUT2D eigenvalue weighted by Crippen LogP contribution is 2.12. The lowest BCUT2D eigenvalue weighted by atomic mass is 10.2. The lowest BCUT2D eigenvalue weighted by Crippen LogP contribution is -2.48. The van der Waals surface area contributed by atoms with Gasteiger partial charge in [-0.2, -0.15) is 0 Å². The van der Waals surface area contributed by atoms with Crippen LogP contribution in [-0.4, -0.2) is 44.5 Å². The van der Waals surface area contributed by atoms with Gasteiger partial charge in [-0.15, -0.1) is 0 Å². The van der Waals surface area contributed by atoms with Crippen LogP contribution in [0.3, 0.4) is 0 Å². The Balaban J connectivity index is 2.57. The van der Waals surface area contributed by atoms with E-state index in [1.165, 1.54) is 19.3 Å². The smallest absolute Gasteiger partial charge is 0.245 e. The maximum absolute atomic E-state index is 12.0. The zero-order valence-corrected chi connectivity index (χ0v) is 13.6. The first-order chi connectivity index (χ1) is 9.93. The molecule has 0 bridgehead atoms. The molecule has 6 heteroatoms. The lowest BCUT2D eigenvalue weighted by molar-refractivity contribution is -0.129. The van der Waals surface area contributed by atoms with Crippen LogP contribution in [0.1, 0.15) is 12.5 Å². The molecule has 1 aromatic rings. The minimum absolute atomic E-state index is 0.145. The molecule has 2 amide bonds. The molecule has 5 nitrogen and oxygen atoms in total. The molecule has 21 heavy (non-hydrogen) atoms. The fraction of sp³-hybridized carbons (Fsp3) is 0.400. The molecule has 0 aliphatic rings. The lowest BCUT2D eigenvalue weighted by Gasteiger charge is -2.16. The summed E-state index contributed by atoms with van der Waals surface area (Å²) < 4.78 is 4.94. The molecule has 0 aliphatic carbocycles. The van der Waals surface area contributed by atoms with Crippen molar-refractivity contribution in [2.75, 3.05) is 20.4 Å². The summed E-state index contributed by atoms with van der Waals surface area (Å²) in [4.78, 5) is 23.1. The molecular weight excluding hydrogens is 287 g/mol. The second kappa shape index (κ2) is 8.55. The van der Waals surface area contributed by atoms with E-state index >= 15 is 0 Å². The predicted molar refractivity (Wildman–Crippen MR) is 87.4 cm³/mol. The molecule has 2 N–H and O–H groups in total. The Hall–Kier alpha value is -1.71. The highest BCUT2D eigenvalue weighted by atomic mass is 31.1. The number of carbonyl (C=O) groups excluding carboxylic acids is 2. The topological polar surface area (TPSA) is 67.4 Å². The maximum atomic E-state index is 12.0. The average molecular weight is 309 g/mol. The van der Waals surface area contributed by atoms with Crippen molar-refractivity contribution < 1.29 is 14.3 Å². The fourth-order valence-electron chi connectivity index (χ4n) is 1.78. The van der Waals surface area contributed by atoms with Gasteiger partial charge in [-0.1, -0.05) is 12.1 Å². The van der Waals surface area contributed by atoms with E-state index in [2.05, 4.69) is 23.6 Å². The van der Waals surface area contributed by atoms with Crippen LogP contribution in [0.2, 0.25) is 0 Å². The van der Waals surface area contributed by atoms with Crippen molar-refractivity contribution in [3.05, 3.63) is 29.8 Å². The van der Waals surface area contributed by atoms with E-state index in [1.807, 2.05) is 24.3 Å². The monoisotopic (exact) mass is 309 g/mol. The zero-order chi connectivity index (χ0) is 15.8. The van der Waals surface area contributed by atoms with Crippen molar-refractivity contribution in [2.45, 2.75) is 19.5 Å². The Labute approximate surface area is 126 Å². The normalized spacial score (nSPS) is 12.4. The van der Waals surface area contributed by atoms with Gasteiger partial charge in [-0.05, 0) is 17.7 Å². The quantitative estimate of drug-likeness (QED) is 0.726. The van der Waals surface area contributed by atoms with Crippen LogP contribution >= 0.6 is 7.55 Å². The Morgan fingerprint density at radius 1 is 1.33 bits per heavy atom. The summed E-state index contributed by atoms with van der Waals surface area (Å²) in [5.74, 6) is -0.519. The minimum Gasteiger partial charge on any atom is -0.382 e. The van der Waals surface area contributed by atoms with Crippen molar-refractivity contribution >= 4 is 31.0 Å². The van der Waals surface area contributed by atoms with Gasteiger partial charge in [0.25, 0.3) is 0 Å². The molecule has 0 aromatic heterocycles. The summed E-state index contributed by atoms with van der Waals surface area (Å²) in [6.07, 6.45) is 4.02. The van der Waals surface area contributed by atoms with Crippen molar-refractivity contribution in [1.29, 1.82) is 0 Å². The highest BCUT2D eigenvalue weighted by molar-refractivity contribution is 7.62. The molecule has 114 valence electrons. The first kappa shape index (κ1) is 17.3.